The van der Waals surface area contributed by atoms with Gasteiger partial charge in [-0.2, -0.15) is 109 Å². The van der Waals surface area contributed by atoms with Crippen LogP contribution < -0.4 is 29.4 Å². The maximum Gasteiger partial charge on any atom is 4.00 e. The molecule has 4 heteroatoms. The summed E-state index contributed by atoms with van der Waals surface area (Å²) in [6, 6.07) is 37.5. The zero-order chi connectivity index (χ0) is 20.1. The summed E-state index contributed by atoms with van der Waals surface area (Å²) in [4.78, 5) is 0. The molecule has 0 heterocycles. The maximum atomic E-state index is 2.89. The topological polar surface area (TPSA) is 0 Å². The number of hydrogen-bond donors (Lipinski definition) is 0. The van der Waals surface area contributed by atoms with Crippen LogP contribution in [0.1, 0.15) is 27.7 Å². The van der Waals surface area contributed by atoms with Crippen molar-refractivity contribution in [2.24, 2.45) is 0 Å². The van der Waals surface area contributed by atoms with Crippen molar-refractivity contribution in [1.82, 2.24) is 0 Å². The van der Waals surface area contributed by atoms with Gasteiger partial charge in [0.2, 0.25) is 0 Å². The van der Waals surface area contributed by atoms with Crippen molar-refractivity contribution in [3.8, 4) is 0 Å². The summed E-state index contributed by atoms with van der Waals surface area (Å²) in [5.41, 5.74) is 0. The Labute approximate surface area is 219 Å². The first-order chi connectivity index (χ1) is 13.2. The average molecular weight is 596 g/mol. The van der Waals surface area contributed by atoms with Crippen LogP contribution >= 0.6 is 0 Å². The summed E-state index contributed by atoms with van der Waals surface area (Å²) in [6.45, 7) is 14.2. The van der Waals surface area contributed by atoms with Crippen molar-refractivity contribution < 1.29 is 33.9 Å². The number of benzene rings is 3. The van der Waals surface area contributed by atoms with Gasteiger partial charge in [0, 0.05) is 0 Å². The van der Waals surface area contributed by atoms with E-state index in [9.17, 15) is 0 Å². The summed E-state index contributed by atoms with van der Waals surface area (Å²) in [6.07, 6.45) is 0. The molecule has 1 nitrogen and oxygen atoms in total. The van der Waals surface area contributed by atoms with Gasteiger partial charge in [0.15, 0.2) is 0 Å². The van der Waals surface area contributed by atoms with Crippen LogP contribution in [0.2, 0.25) is 0 Å². The number of quaternary nitrogens is 1. The Morgan fingerprint density at radius 3 is 0.700 bits per heavy atom. The number of halogens is 2. The largest absolute Gasteiger partial charge is 4.00 e. The Bertz CT molecular complexity index is 435. The van der Waals surface area contributed by atoms with E-state index in [4.69, 9.17) is 0 Å². The quantitative estimate of drug-likeness (QED) is 0.226. The fourth-order valence-electron chi connectivity index (χ4n) is 2.37. The van der Waals surface area contributed by atoms with Crippen LogP contribution in [-0.4, -0.2) is 54.6 Å². The van der Waals surface area contributed by atoms with Gasteiger partial charge in [-0.15, -0.1) is 0 Å². The van der Waals surface area contributed by atoms with Crippen LogP contribution in [0.15, 0.2) is 91.0 Å². The summed E-state index contributed by atoms with van der Waals surface area (Å²) in [5, 5.41) is 0. The van der Waals surface area contributed by atoms with Gasteiger partial charge in [-0.1, -0.05) is 0 Å². The molecular formula is C26H35BrClNSn. The Balaban J connectivity index is -0.000000147. The molecular weight excluding hydrogens is 560 g/mol. The first-order valence-electron chi connectivity index (χ1n) is 9.83. The number of nitrogens with zero attached hydrogens (tertiary/aromatic N) is 1. The zero-order valence-electron chi connectivity index (χ0n) is 18.7. The summed E-state index contributed by atoms with van der Waals surface area (Å²) >= 11 is 0. The predicted molar refractivity (Wildman–Crippen MR) is 124 cm³/mol. The SMILES string of the molecule is CC[N+](CC)(CC)CC.[Br-].[Cl-].[Sn+4].[c-]1ccccc1.[c-]1ccccc1.[c-]1ccccc1. The molecule has 0 aromatic heterocycles. The second-order valence-corrected chi connectivity index (χ2v) is 5.84. The Kier molecular flexibility index (Phi) is 34.3. The molecule has 0 saturated carbocycles. The van der Waals surface area contributed by atoms with Crippen LogP contribution in [0.4, 0.5) is 0 Å². The van der Waals surface area contributed by atoms with Crippen molar-refractivity contribution in [3.05, 3.63) is 109 Å². The van der Waals surface area contributed by atoms with E-state index in [0.717, 1.165) is 0 Å². The smallest absolute Gasteiger partial charge is 1.00 e. The van der Waals surface area contributed by atoms with Crippen LogP contribution in [-0.2, 0) is 0 Å². The second kappa shape index (κ2) is 28.2. The van der Waals surface area contributed by atoms with Gasteiger partial charge in [0.1, 0.15) is 0 Å². The molecule has 0 bridgehead atoms. The minimum atomic E-state index is 0. The summed E-state index contributed by atoms with van der Waals surface area (Å²) in [7, 11) is 0. The Morgan fingerprint density at radius 1 is 0.467 bits per heavy atom. The van der Waals surface area contributed by atoms with Crippen LogP contribution in [0, 0.1) is 18.2 Å². The minimum Gasteiger partial charge on any atom is -1.00 e. The standard InChI is InChI=1S/C8H20N.3C6H5.BrH.ClH.Sn/c1-5-9(6-2,7-3)8-4;3*1-2-4-6-5-3-1;;;/h5-8H2,1-4H3;3*1-5H;2*1H;/q+1;3*-1;;;+4/p-2. The monoisotopic (exact) mass is 595 g/mol. The van der Waals surface area contributed by atoms with E-state index in [1.807, 2.05) is 91.0 Å². The first kappa shape index (κ1) is 36.6. The van der Waals surface area contributed by atoms with E-state index in [-0.39, 0.29) is 53.3 Å². The molecule has 3 aromatic rings. The third-order valence-electron chi connectivity index (χ3n) is 4.50. The molecule has 0 saturated heterocycles. The molecule has 0 spiro atoms. The van der Waals surface area contributed by atoms with Gasteiger partial charge in [0.05, 0.1) is 26.2 Å². The van der Waals surface area contributed by atoms with Crippen molar-refractivity contribution in [2.75, 3.05) is 26.2 Å². The molecule has 0 fully saturated rings. The van der Waals surface area contributed by atoms with Crippen molar-refractivity contribution in [3.63, 3.8) is 0 Å². The Hall–Kier alpha value is -0.811. The molecule has 0 amide bonds. The van der Waals surface area contributed by atoms with Crippen molar-refractivity contribution in [2.45, 2.75) is 27.7 Å². The van der Waals surface area contributed by atoms with Gasteiger partial charge in [-0.3, -0.25) is 0 Å². The second-order valence-electron chi connectivity index (χ2n) is 5.84. The average Bonchev–Trinajstić information content (AvgIpc) is 2.81. The number of hydrogen-bond acceptors (Lipinski definition) is 0. The van der Waals surface area contributed by atoms with Crippen molar-refractivity contribution in [1.29, 1.82) is 0 Å². The third kappa shape index (κ3) is 21.9. The van der Waals surface area contributed by atoms with E-state index in [0.29, 0.717) is 0 Å². The zero-order valence-corrected chi connectivity index (χ0v) is 23.9. The molecule has 30 heavy (non-hydrogen) atoms. The van der Waals surface area contributed by atoms with Crippen LogP contribution in [0.25, 0.3) is 0 Å². The fraction of sp³-hybridized carbons (Fsp3) is 0.308. The van der Waals surface area contributed by atoms with Gasteiger partial charge in [-0.25, -0.2) is 0 Å². The van der Waals surface area contributed by atoms with Gasteiger partial charge in [0.25, 0.3) is 0 Å². The van der Waals surface area contributed by atoms with Gasteiger partial charge in [-0.05, 0) is 27.7 Å². The predicted octanol–water partition coefficient (Wildman–Crippen LogP) is -0.0296. The normalized spacial score (nSPS) is 8.40. The molecule has 0 radical (unpaired) electrons. The van der Waals surface area contributed by atoms with Crippen LogP contribution in [0.3, 0.4) is 0 Å². The van der Waals surface area contributed by atoms with E-state index >= 15 is 0 Å². The first-order valence-corrected chi connectivity index (χ1v) is 9.83. The molecule has 0 unspecified atom stereocenters. The van der Waals surface area contributed by atoms with E-state index in [2.05, 4.69) is 45.9 Å². The summed E-state index contributed by atoms with van der Waals surface area (Å²) in [5.74, 6) is 0. The van der Waals surface area contributed by atoms with Gasteiger partial charge >= 0.3 is 23.9 Å². The third-order valence-corrected chi connectivity index (χ3v) is 4.50. The molecule has 0 atom stereocenters. The molecule has 0 aliphatic heterocycles. The molecule has 0 aliphatic rings. The van der Waals surface area contributed by atoms with E-state index in [1.165, 1.54) is 30.7 Å². The Morgan fingerprint density at radius 2 is 0.667 bits per heavy atom. The summed E-state index contributed by atoms with van der Waals surface area (Å²) < 4.78 is 1.28. The van der Waals surface area contributed by atoms with Crippen molar-refractivity contribution >= 4 is 23.9 Å². The maximum absolute atomic E-state index is 2.89. The molecule has 3 aromatic carbocycles. The molecule has 0 N–H and O–H groups in total. The minimum absolute atomic E-state index is 0. The molecule has 162 valence electrons. The molecule has 0 aliphatic carbocycles. The van der Waals surface area contributed by atoms with E-state index < -0.39 is 0 Å². The van der Waals surface area contributed by atoms with Crippen LogP contribution in [0.5, 0.6) is 0 Å². The number of rotatable bonds is 4. The van der Waals surface area contributed by atoms with Gasteiger partial charge < -0.3 is 33.9 Å². The van der Waals surface area contributed by atoms with E-state index in [1.54, 1.807) is 0 Å². The molecule has 3 rings (SSSR count). The fourth-order valence-corrected chi connectivity index (χ4v) is 2.37.